The number of hydrogen-bond donors (Lipinski definition) is 2. The number of carbonyl (C=O) groups is 1. The number of hydrogen-bond acceptors (Lipinski definition) is 4. The summed E-state index contributed by atoms with van der Waals surface area (Å²) >= 11 is 0. The maximum Gasteiger partial charge on any atom is 0.387 e. The Labute approximate surface area is 115 Å². The van der Waals surface area contributed by atoms with Crippen molar-refractivity contribution >= 4 is 11.6 Å². The zero-order valence-electron chi connectivity index (χ0n) is 11.0. The molecule has 0 unspecified atom stereocenters. The van der Waals surface area contributed by atoms with Crippen molar-refractivity contribution in [1.29, 1.82) is 0 Å². The highest BCUT2D eigenvalue weighted by atomic mass is 19.3. The monoisotopic (exact) mass is 286 g/mol. The zero-order chi connectivity index (χ0) is 14.5. The summed E-state index contributed by atoms with van der Waals surface area (Å²) in [5.74, 6) is -0.167. The predicted molar refractivity (Wildman–Crippen MR) is 69.3 cm³/mol. The molecule has 1 aliphatic carbocycles. The van der Waals surface area contributed by atoms with Gasteiger partial charge in [0, 0.05) is 17.8 Å². The Balaban J connectivity index is 1.97. The Morgan fingerprint density at radius 3 is 2.75 bits per heavy atom. The lowest BCUT2D eigenvalue weighted by atomic mass is 10.2. The third-order valence-electron chi connectivity index (χ3n) is 2.79. The molecule has 7 heteroatoms. The molecule has 1 fully saturated rings. The van der Waals surface area contributed by atoms with Crippen LogP contribution in [-0.2, 0) is 4.79 Å². The van der Waals surface area contributed by atoms with E-state index in [1.165, 1.54) is 19.2 Å². The van der Waals surface area contributed by atoms with Crippen LogP contribution in [0.4, 0.5) is 14.5 Å². The van der Waals surface area contributed by atoms with Gasteiger partial charge in [-0.1, -0.05) is 0 Å². The average molecular weight is 286 g/mol. The number of halogens is 2. The molecule has 0 aliphatic heterocycles. The van der Waals surface area contributed by atoms with Crippen LogP contribution in [-0.4, -0.2) is 32.2 Å². The lowest BCUT2D eigenvalue weighted by Crippen LogP contribution is -2.29. The molecule has 0 aromatic heterocycles. The van der Waals surface area contributed by atoms with Gasteiger partial charge in [0.1, 0.15) is 0 Å². The SMILES string of the molecule is COc1ccc(NC(=O)CNC2CC2)cc1OC(F)F. The van der Waals surface area contributed by atoms with Gasteiger partial charge in [0.05, 0.1) is 13.7 Å². The van der Waals surface area contributed by atoms with Gasteiger partial charge in [-0.15, -0.1) is 0 Å². The number of alkyl halides is 2. The second kappa shape index (κ2) is 6.51. The lowest BCUT2D eigenvalue weighted by molar-refractivity contribution is -0.115. The van der Waals surface area contributed by atoms with Gasteiger partial charge in [-0.05, 0) is 25.0 Å². The second-order valence-electron chi connectivity index (χ2n) is 4.45. The van der Waals surface area contributed by atoms with Crippen molar-refractivity contribution in [2.24, 2.45) is 0 Å². The van der Waals surface area contributed by atoms with Crippen LogP contribution >= 0.6 is 0 Å². The quantitative estimate of drug-likeness (QED) is 0.804. The van der Waals surface area contributed by atoms with E-state index in [1.807, 2.05) is 0 Å². The Morgan fingerprint density at radius 2 is 2.15 bits per heavy atom. The topological polar surface area (TPSA) is 59.6 Å². The van der Waals surface area contributed by atoms with Gasteiger partial charge < -0.3 is 20.1 Å². The molecule has 0 saturated heterocycles. The number of rotatable bonds is 7. The molecule has 1 aliphatic rings. The van der Waals surface area contributed by atoms with E-state index in [-0.39, 0.29) is 24.0 Å². The number of anilines is 1. The second-order valence-corrected chi connectivity index (χ2v) is 4.45. The van der Waals surface area contributed by atoms with Crippen molar-refractivity contribution < 1.29 is 23.0 Å². The van der Waals surface area contributed by atoms with Crippen molar-refractivity contribution in [2.75, 3.05) is 19.0 Å². The lowest BCUT2D eigenvalue weighted by Gasteiger charge is -2.12. The van der Waals surface area contributed by atoms with Crippen molar-refractivity contribution in [3.8, 4) is 11.5 Å². The summed E-state index contributed by atoms with van der Waals surface area (Å²) in [5, 5.41) is 5.67. The fourth-order valence-corrected chi connectivity index (χ4v) is 1.67. The normalized spacial score (nSPS) is 14.2. The molecule has 20 heavy (non-hydrogen) atoms. The molecule has 1 aromatic carbocycles. The Hall–Kier alpha value is -1.89. The Bertz CT molecular complexity index is 479. The highest BCUT2D eigenvalue weighted by Crippen LogP contribution is 2.31. The molecule has 2 rings (SSSR count). The highest BCUT2D eigenvalue weighted by molar-refractivity contribution is 5.92. The molecule has 2 N–H and O–H groups in total. The fourth-order valence-electron chi connectivity index (χ4n) is 1.67. The first-order valence-electron chi connectivity index (χ1n) is 6.24. The number of nitrogens with one attached hydrogen (secondary N) is 2. The zero-order valence-corrected chi connectivity index (χ0v) is 11.0. The van der Waals surface area contributed by atoms with Gasteiger partial charge >= 0.3 is 6.61 Å². The van der Waals surface area contributed by atoms with Gasteiger partial charge in [0.25, 0.3) is 0 Å². The third-order valence-corrected chi connectivity index (χ3v) is 2.79. The molecule has 0 radical (unpaired) electrons. The molecular weight excluding hydrogens is 270 g/mol. The van der Waals surface area contributed by atoms with E-state index in [2.05, 4.69) is 15.4 Å². The van der Waals surface area contributed by atoms with Crippen molar-refractivity contribution in [3.05, 3.63) is 18.2 Å². The molecular formula is C13H16F2N2O3. The number of carbonyl (C=O) groups excluding carboxylic acids is 1. The summed E-state index contributed by atoms with van der Waals surface area (Å²) < 4.78 is 33.8. The molecule has 1 aromatic rings. The molecule has 1 saturated carbocycles. The molecule has 110 valence electrons. The molecule has 0 spiro atoms. The Morgan fingerprint density at radius 1 is 1.40 bits per heavy atom. The van der Waals surface area contributed by atoms with Gasteiger partial charge in [-0.3, -0.25) is 4.79 Å². The predicted octanol–water partition coefficient (Wildman–Crippen LogP) is 1.99. The van der Waals surface area contributed by atoms with Crippen LogP contribution in [0.15, 0.2) is 18.2 Å². The number of benzene rings is 1. The van der Waals surface area contributed by atoms with Crippen LogP contribution in [0.25, 0.3) is 0 Å². The maximum atomic E-state index is 12.3. The molecule has 1 amide bonds. The summed E-state index contributed by atoms with van der Waals surface area (Å²) in [6, 6.07) is 4.75. The van der Waals surface area contributed by atoms with E-state index in [1.54, 1.807) is 6.07 Å². The Kier molecular flexibility index (Phi) is 4.73. The van der Waals surface area contributed by atoms with E-state index < -0.39 is 6.61 Å². The first kappa shape index (κ1) is 14.5. The maximum absolute atomic E-state index is 12.3. The summed E-state index contributed by atoms with van der Waals surface area (Å²) in [5.41, 5.74) is 0.379. The summed E-state index contributed by atoms with van der Waals surface area (Å²) in [6.07, 6.45) is 2.17. The minimum absolute atomic E-state index is 0.115. The van der Waals surface area contributed by atoms with Crippen molar-refractivity contribution in [1.82, 2.24) is 5.32 Å². The smallest absolute Gasteiger partial charge is 0.387 e. The van der Waals surface area contributed by atoms with E-state index in [0.717, 1.165) is 12.8 Å². The summed E-state index contributed by atoms with van der Waals surface area (Å²) in [7, 11) is 1.35. The van der Waals surface area contributed by atoms with E-state index >= 15 is 0 Å². The summed E-state index contributed by atoms with van der Waals surface area (Å²) in [4.78, 5) is 11.6. The van der Waals surface area contributed by atoms with Gasteiger partial charge in [0.15, 0.2) is 11.5 Å². The summed E-state index contributed by atoms with van der Waals surface area (Å²) in [6.45, 7) is -2.76. The minimum Gasteiger partial charge on any atom is -0.493 e. The standard InChI is InChI=1S/C13H16F2N2O3/c1-19-10-5-4-9(6-11(10)20-13(14)15)17-12(18)7-16-8-2-3-8/h4-6,8,13,16H,2-3,7H2,1H3,(H,17,18). The van der Waals surface area contributed by atoms with Crippen LogP contribution in [0, 0.1) is 0 Å². The van der Waals surface area contributed by atoms with Crippen LogP contribution < -0.4 is 20.1 Å². The molecule has 0 bridgehead atoms. The van der Waals surface area contributed by atoms with E-state index in [4.69, 9.17) is 4.74 Å². The first-order chi connectivity index (χ1) is 9.58. The third kappa shape index (κ3) is 4.34. The van der Waals surface area contributed by atoms with E-state index in [0.29, 0.717) is 11.7 Å². The number of ether oxygens (including phenoxy) is 2. The van der Waals surface area contributed by atoms with E-state index in [9.17, 15) is 13.6 Å². The van der Waals surface area contributed by atoms with Crippen LogP contribution in [0.2, 0.25) is 0 Å². The average Bonchev–Trinajstić information content (AvgIpc) is 3.20. The van der Waals surface area contributed by atoms with Crippen molar-refractivity contribution in [2.45, 2.75) is 25.5 Å². The minimum atomic E-state index is -2.95. The van der Waals surface area contributed by atoms with Gasteiger partial charge in [-0.25, -0.2) is 0 Å². The highest BCUT2D eigenvalue weighted by Gasteiger charge is 2.21. The van der Waals surface area contributed by atoms with Gasteiger partial charge in [0.2, 0.25) is 5.91 Å². The van der Waals surface area contributed by atoms with Crippen LogP contribution in [0.3, 0.4) is 0 Å². The van der Waals surface area contributed by atoms with Crippen molar-refractivity contribution in [3.63, 3.8) is 0 Å². The first-order valence-corrected chi connectivity index (χ1v) is 6.24. The number of methoxy groups -OCH3 is 1. The van der Waals surface area contributed by atoms with Crippen LogP contribution in [0.1, 0.15) is 12.8 Å². The van der Waals surface area contributed by atoms with Crippen LogP contribution in [0.5, 0.6) is 11.5 Å². The largest absolute Gasteiger partial charge is 0.493 e. The fraction of sp³-hybridized carbons (Fsp3) is 0.462. The molecule has 5 nitrogen and oxygen atoms in total. The molecule has 0 heterocycles. The number of amides is 1. The van der Waals surface area contributed by atoms with Gasteiger partial charge in [-0.2, -0.15) is 8.78 Å². The molecule has 0 atom stereocenters.